The Labute approximate surface area is 126 Å². The summed E-state index contributed by atoms with van der Waals surface area (Å²) in [6, 6.07) is 9.94. The Balaban J connectivity index is 2.14. The van der Waals surface area contributed by atoms with E-state index < -0.39 is 0 Å². The predicted molar refractivity (Wildman–Crippen MR) is 86.0 cm³/mol. The zero-order valence-corrected chi connectivity index (χ0v) is 13.2. The number of anilines is 1. The van der Waals surface area contributed by atoms with E-state index in [1.807, 2.05) is 18.2 Å². The van der Waals surface area contributed by atoms with Crippen molar-refractivity contribution in [1.29, 1.82) is 0 Å². The van der Waals surface area contributed by atoms with Gasteiger partial charge in [-0.25, -0.2) is 9.97 Å². The second kappa shape index (κ2) is 6.57. The minimum atomic E-state index is 0.0961. The van der Waals surface area contributed by atoms with E-state index in [1.54, 1.807) is 0 Å². The standard InChI is InChI=1S/C17H23N3O/c1-5-9-18-15-11-16(20-12-19-15)21-14-8-6-7-13(10-14)17(2,3)4/h6-8,10-12H,5,9H2,1-4H3,(H,18,19,20). The molecule has 0 radical (unpaired) electrons. The summed E-state index contributed by atoms with van der Waals surface area (Å²) >= 11 is 0. The molecule has 2 aromatic rings. The van der Waals surface area contributed by atoms with Crippen LogP contribution in [0, 0.1) is 0 Å². The molecule has 0 saturated heterocycles. The van der Waals surface area contributed by atoms with Crippen molar-refractivity contribution in [3.05, 3.63) is 42.2 Å². The average Bonchev–Trinajstić information content (AvgIpc) is 2.45. The second-order valence-corrected chi connectivity index (χ2v) is 6.05. The molecule has 112 valence electrons. The van der Waals surface area contributed by atoms with Crippen LogP contribution in [0.4, 0.5) is 5.82 Å². The first-order chi connectivity index (χ1) is 9.99. The summed E-state index contributed by atoms with van der Waals surface area (Å²) in [7, 11) is 0. The maximum absolute atomic E-state index is 5.84. The van der Waals surface area contributed by atoms with Gasteiger partial charge in [0.2, 0.25) is 5.88 Å². The Morgan fingerprint density at radius 3 is 2.67 bits per heavy atom. The molecule has 0 bridgehead atoms. The maximum Gasteiger partial charge on any atom is 0.224 e. The van der Waals surface area contributed by atoms with Gasteiger partial charge in [0.05, 0.1) is 0 Å². The molecule has 0 saturated carbocycles. The van der Waals surface area contributed by atoms with E-state index in [-0.39, 0.29) is 5.41 Å². The molecule has 1 aromatic heterocycles. The van der Waals surface area contributed by atoms with Crippen molar-refractivity contribution < 1.29 is 4.74 Å². The van der Waals surface area contributed by atoms with E-state index in [2.05, 4.69) is 55.1 Å². The monoisotopic (exact) mass is 285 g/mol. The summed E-state index contributed by atoms with van der Waals surface area (Å²) in [5, 5.41) is 3.23. The molecule has 4 heteroatoms. The highest BCUT2D eigenvalue weighted by molar-refractivity contribution is 5.40. The highest BCUT2D eigenvalue weighted by Crippen LogP contribution is 2.28. The van der Waals surface area contributed by atoms with Crippen molar-refractivity contribution in [2.75, 3.05) is 11.9 Å². The Hall–Kier alpha value is -2.10. The van der Waals surface area contributed by atoms with E-state index in [0.717, 1.165) is 24.5 Å². The Morgan fingerprint density at radius 2 is 1.95 bits per heavy atom. The van der Waals surface area contributed by atoms with Crippen LogP contribution in [-0.4, -0.2) is 16.5 Å². The minimum absolute atomic E-state index is 0.0961. The zero-order chi connectivity index (χ0) is 15.3. The normalized spacial score (nSPS) is 11.2. The summed E-state index contributed by atoms with van der Waals surface area (Å²) in [5.74, 6) is 2.13. The number of hydrogen-bond acceptors (Lipinski definition) is 4. The van der Waals surface area contributed by atoms with Crippen molar-refractivity contribution in [1.82, 2.24) is 9.97 Å². The SMILES string of the molecule is CCCNc1cc(Oc2cccc(C(C)(C)C)c2)ncn1. The molecule has 0 aliphatic heterocycles. The van der Waals surface area contributed by atoms with Gasteiger partial charge < -0.3 is 10.1 Å². The van der Waals surface area contributed by atoms with Crippen LogP contribution in [0.15, 0.2) is 36.7 Å². The average molecular weight is 285 g/mol. The topological polar surface area (TPSA) is 47.0 Å². The van der Waals surface area contributed by atoms with Crippen LogP contribution in [0.3, 0.4) is 0 Å². The third-order valence-corrected chi connectivity index (χ3v) is 3.12. The first kappa shape index (κ1) is 15.3. The number of nitrogens with one attached hydrogen (secondary N) is 1. The van der Waals surface area contributed by atoms with Gasteiger partial charge in [0.15, 0.2) is 0 Å². The molecule has 2 rings (SSSR count). The largest absolute Gasteiger partial charge is 0.439 e. The fourth-order valence-corrected chi connectivity index (χ4v) is 1.89. The molecule has 0 amide bonds. The molecule has 21 heavy (non-hydrogen) atoms. The Morgan fingerprint density at radius 1 is 1.14 bits per heavy atom. The summed E-state index contributed by atoms with van der Waals surface area (Å²) in [4.78, 5) is 8.33. The number of rotatable bonds is 5. The fourth-order valence-electron chi connectivity index (χ4n) is 1.89. The van der Waals surface area contributed by atoms with E-state index >= 15 is 0 Å². The highest BCUT2D eigenvalue weighted by Gasteiger charge is 2.14. The number of ether oxygens (including phenoxy) is 1. The summed E-state index contributed by atoms with van der Waals surface area (Å²) in [5.41, 5.74) is 1.33. The molecule has 1 N–H and O–H groups in total. The molecule has 0 fully saturated rings. The summed E-state index contributed by atoms with van der Waals surface area (Å²) in [6.45, 7) is 9.55. The van der Waals surface area contributed by atoms with Gasteiger partial charge >= 0.3 is 0 Å². The first-order valence-electron chi connectivity index (χ1n) is 7.33. The van der Waals surface area contributed by atoms with Crippen molar-refractivity contribution in [3.63, 3.8) is 0 Å². The van der Waals surface area contributed by atoms with Crippen LogP contribution >= 0.6 is 0 Å². The molecule has 0 aliphatic rings. The van der Waals surface area contributed by atoms with Crippen LogP contribution in [0.1, 0.15) is 39.7 Å². The quantitative estimate of drug-likeness (QED) is 0.885. The van der Waals surface area contributed by atoms with Crippen molar-refractivity contribution >= 4 is 5.82 Å². The highest BCUT2D eigenvalue weighted by atomic mass is 16.5. The molecule has 0 unspecified atom stereocenters. The Bertz CT molecular complexity index is 591. The number of nitrogens with zero attached hydrogens (tertiary/aromatic N) is 2. The molecule has 1 aromatic carbocycles. The van der Waals surface area contributed by atoms with Gasteiger partial charge in [-0.3, -0.25) is 0 Å². The van der Waals surface area contributed by atoms with Gasteiger partial charge in [0.1, 0.15) is 17.9 Å². The van der Waals surface area contributed by atoms with Crippen molar-refractivity contribution in [2.24, 2.45) is 0 Å². The van der Waals surface area contributed by atoms with Crippen LogP contribution in [0.25, 0.3) is 0 Å². The van der Waals surface area contributed by atoms with Gasteiger partial charge in [-0.2, -0.15) is 0 Å². The van der Waals surface area contributed by atoms with Crippen LogP contribution in [0.2, 0.25) is 0 Å². The first-order valence-corrected chi connectivity index (χ1v) is 7.33. The van der Waals surface area contributed by atoms with Crippen molar-refractivity contribution in [2.45, 2.75) is 39.5 Å². The second-order valence-electron chi connectivity index (χ2n) is 6.05. The molecular weight excluding hydrogens is 262 g/mol. The maximum atomic E-state index is 5.84. The number of aromatic nitrogens is 2. The summed E-state index contributed by atoms with van der Waals surface area (Å²) < 4.78 is 5.84. The van der Waals surface area contributed by atoms with Gasteiger partial charge in [-0.1, -0.05) is 39.8 Å². The van der Waals surface area contributed by atoms with E-state index in [0.29, 0.717) is 5.88 Å². The van der Waals surface area contributed by atoms with Crippen LogP contribution in [0.5, 0.6) is 11.6 Å². The molecule has 4 nitrogen and oxygen atoms in total. The van der Waals surface area contributed by atoms with E-state index in [9.17, 15) is 0 Å². The summed E-state index contributed by atoms with van der Waals surface area (Å²) in [6.07, 6.45) is 2.56. The minimum Gasteiger partial charge on any atom is -0.439 e. The van der Waals surface area contributed by atoms with Gasteiger partial charge in [-0.05, 0) is 29.5 Å². The lowest BCUT2D eigenvalue weighted by Gasteiger charge is -2.19. The van der Waals surface area contributed by atoms with E-state index in [4.69, 9.17) is 4.74 Å². The van der Waals surface area contributed by atoms with Crippen LogP contribution in [-0.2, 0) is 5.41 Å². The fraction of sp³-hybridized carbons (Fsp3) is 0.412. The molecule has 0 spiro atoms. The Kier molecular flexibility index (Phi) is 4.78. The lowest BCUT2D eigenvalue weighted by atomic mass is 9.87. The zero-order valence-electron chi connectivity index (χ0n) is 13.2. The van der Waals surface area contributed by atoms with Crippen molar-refractivity contribution in [3.8, 4) is 11.6 Å². The lowest BCUT2D eigenvalue weighted by Crippen LogP contribution is -2.10. The van der Waals surface area contributed by atoms with Gasteiger partial charge in [-0.15, -0.1) is 0 Å². The predicted octanol–water partition coefficient (Wildman–Crippen LogP) is 4.39. The number of benzene rings is 1. The number of hydrogen-bond donors (Lipinski definition) is 1. The third-order valence-electron chi connectivity index (χ3n) is 3.12. The smallest absolute Gasteiger partial charge is 0.224 e. The molecule has 0 aliphatic carbocycles. The molecule has 1 heterocycles. The van der Waals surface area contributed by atoms with Crippen LogP contribution < -0.4 is 10.1 Å². The van der Waals surface area contributed by atoms with Gasteiger partial charge in [0.25, 0.3) is 0 Å². The molecule has 0 atom stereocenters. The lowest BCUT2D eigenvalue weighted by molar-refractivity contribution is 0.458. The van der Waals surface area contributed by atoms with Gasteiger partial charge in [0, 0.05) is 12.6 Å². The third kappa shape index (κ3) is 4.45. The molecular formula is C17H23N3O. The van der Waals surface area contributed by atoms with E-state index in [1.165, 1.54) is 11.9 Å².